The molecule has 8 nitrogen and oxygen atoms in total. The Morgan fingerprint density at radius 1 is 1.39 bits per heavy atom. The van der Waals surface area contributed by atoms with Gasteiger partial charge in [0, 0.05) is 25.7 Å². The van der Waals surface area contributed by atoms with Crippen molar-refractivity contribution in [2.45, 2.75) is 19.1 Å². The molecule has 1 unspecified atom stereocenters. The molecular formula is C14H19N5O3S. The normalized spacial score (nSPS) is 18.8. The van der Waals surface area contributed by atoms with E-state index in [1.54, 1.807) is 10.9 Å². The summed E-state index contributed by atoms with van der Waals surface area (Å²) >= 11 is 0. The van der Waals surface area contributed by atoms with E-state index in [-0.39, 0.29) is 12.5 Å². The molecule has 2 aromatic heterocycles. The Balaban J connectivity index is 1.73. The van der Waals surface area contributed by atoms with Crippen molar-refractivity contribution in [3.8, 4) is 0 Å². The fourth-order valence-corrected chi connectivity index (χ4v) is 3.56. The first kappa shape index (κ1) is 16.0. The molecule has 0 fully saturated rings. The Hall–Kier alpha value is -1.84. The highest BCUT2D eigenvalue weighted by molar-refractivity contribution is 7.88. The number of hydrogen-bond acceptors (Lipinski definition) is 6. The Kier molecular flexibility index (Phi) is 4.42. The fraction of sp³-hybridized carbons (Fsp3) is 0.500. The molecule has 124 valence electrons. The number of rotatable bonds is 5. The highest BCUT2D eigenvalue weighted by Crippen LogP contribution is 2.28. The van der Waals surface area contributed by atoms with Crippen molar-refractivity contribution >= 4 is 10.0 Å². The minimum Gasteiger partial charge on any atom is -0.374 e. The van der Waals surface area contributed by atoms with E-state index in [4.69, 9.17) is 4.74 Å². The summed E-state index contributed by atoms with van der Waals surface area (Å²) in [6.07, 6.45) is 2.92. The highest BCUT2D eigenvalue weighted by atomic mass is 32.2. The lowest BCUT2D eigenvalue weighted by atomic mass is 10.0. The SMILES string of the molecule is Cn1nnc2c1C(COCc1ccccn1)CN(S(C)(=O)=O)C2. The monoisotopic (exact) mass is 337 g/mol. The number of sulfonamides is 1. The van der Waals surface area contributed by atoms with E-state index in [1.165, 1.54) is 10.6 Å². The number of hydrogen-bond donors (Lipinski definition) is 0. The zero-order chi connectivity index (χ0) is 16.4. The van der Waals surface area contributed by atoms with Crippen LogP contribution in [-0.4, -0.2) is 52.1 Å². The summed E-state index contributed by atoms with van der Waals surface area (Å²) in [6, 6.07) is 5.64. The van der Waals surface area contributed by atoms with Gasteiger partial charge in [0.2, 0.25) is 10.0 Å². The molecule has 0 amide bonds. The Morgan fingerprint density at radius 3 is 2.91 bits per heavy atom. The van der Waals surface area contributed by atoms with E-state index in [9.17, 15) is 8.42 Å². The predicted octanol–water partition coefficient (Wildman–Crippen LogP) is 0.286. The highest BCUT2D eigenvalue weighted by Gasteiger charge is 2.34. The molecule has 23 heavy (non-hydrogen) atoms. The van der Waals surface area contributed by atoms with Crippen molar-refractivity contribution in [2.75, 3.05) is 19.4 Å². The molecular weight excluding hydrogens is 318 g/mol. The van der Waals surface area contributed by atoms with Crippen LogP contribution in [0.2, 0.25) is 0 Å². The van der Waals surface area contributed by atoms with Crippen molar-refractivity contribution in [3.05, 3.63) is 41.5 Å². The van der Waals surface area contributed by atoms with Crippen LogP contribution in [0.1, 0.15) is 23.0 Å². The van der Waals surface area contributed by atoms with E-state index >= 15 is 0 Å². The van der Waals surface area contributed by atoms with Crippen molar-refractivity contribution in [2.24, 2.45) is 7.05 Å². The van der Waals surface area contributed by atoms with Gasteiger partial charge in [-0.3, -0.25) is 9.67 Å². The molecule has 2 aromatic rings. The van der Waals surface area contributed by atoms with Gasteiger partial charge >= 0.3 is 0 Å². The molecule has 9 heteroatoms. The average Bonchev–Trinajstić information content (AvgIpc) is 2.89. The molecule has 0 saturated carbocycles. The van der Waals surface area contributed by atoms with Gasteiger partial charge in [-0.2, -0.15) is 4.31 Å². The molecule has 0 N–H and O–H groups in total. The maximum absolute atomic E-state index is 11.9. The van der Waals surface area contributed by atoms with Gasteiger partial charge in [-0.05, 0) is 12.1 Å². The van der Waals surface area contributed by atoms with Crippen molar-refractivity contribution in [1.82, 2.24) is 24.3 Å². The summed E-state index contributed by atoms with van der Waals surface area (Å²) in [5.41, 5.74) is 2.47. The predicted molar refractivity (Wildman–Crippen MR) is 82.9 cm³/mol. The topological polar surface area (TPSA) is 90.2 Å². The van der Waals surface area contributed by atoms with Crippen LogP contribution in [0.5, 0.6) is 0 Å². The Bertz CT molecular complexity index is 775. The molecule has 1 aliphatic rings. The molecule has 3 rings (SSSR count). The summed E-state index contributed by atoms with van der Waals surface area (Å²) in [7, 11) is -1.47. The summed E-state index contributed by atoms with van der Waals surface area (Å²) in [6.45, 7) is 1.40. The van der Waals surface area contributed by atoms with Gasteiger partial charge in [-0.25, -0.2) is 8.42 Å². The summed E-state index contributed by atoms with van der Waals surface area (Å²) in [5.74, 6) is -0.0998. The van der Waals surface area contributed by atoms with E-state index < -0.39 is 10.0 Å². The van der Waals surface area contributed by atoms with E-state index in [1.807, 2.05) is 25.2 Å². The average molecular weight is 337 g/mol. The van der Waals surface area contributed by atoms with Crippen LogP contribution in [0.25, 0.3) is 0 Å². The van der Waals surface area contributed by atoms with Crippen LogP contribution < -0.4 is 0 Å². The van der Waals surface area contributed by atoms with Gasteiger partial charge in [0.25, 0.3) is 0 Å². The number of aromatic nitrogens is 4. The molecule has 3 heterocycles. The maximum atomic E-state index is 11.9. The first-order chi connectivity index (χ1) is 10.9. The molecule has 0 radical (unpaired) electrons. The molecule has 0 bridgehead atoms. The molecule has 0 aromatic carbocycles. The number of aryl methyl sites for hydroxylation is 1. The zero-order valence-electron chi connectivity index (χ0n) is 13.1. The maximum Gasteiger partial charge on any atom is 0.211 e. The third kappa shape index (κ3) is 3.57. The minimum absolute atomic E-state index is 0.0998. The van der Waals surface area contributed by atoms with Gasteiger partial charge in [-0.15, -0.1) is 5.10 Å². The van der Waals surface area contributed by atoms with Gasteiger partial charge in [0.1, 0.15) is 5.69 Å². The molecule has 0 saturated heterocycles. The van der Waals surface area contributed by atoms with Gasteiger partial charge in [0.15, 0.2) is 0 Å². The van der Waals surface area contributed by atoms with Crippen LogP contribution in [0.3, 0.4) is 0 Å². The molecule has 1 atom stereocenters. The smallest absolute Gasteiger partial charge is 0.211 e. The van der Waals surface area contributed by atoms with Gasteiger partial charge in [0.05, 0.1) is 37.4 Å². The Labute approximate surface area is 135 Å². The standard InChI is InChI=1S/C14H19N5O3S/c1-18-14-11(9-22-10-12-5-3-4-6-15-12)7-19(23(2,20)21)8-13(14)16-17-18/h3-6,11H,7-10H2,1-2H3. The van der Waals surface area contributed by atoms with Crippen LogP contribution in [0.15, 0.2) is 24.4 Å². The number of nitrogens with zero attached hydrogens (tertiary/aromatic N) is 5. The van der Waals surface area contributed by atoms with Crippen molar-refractivity contribution in [3.63, 3.8) is 0 Å². The fourth-order valence-electron chi connectivity index (χ4n) is 2.76. The summed E-state index contributed by atoms with van der Waals surface area (Å²) < 4.78 is 32.6. The lowest BCUT2D eigenvalue weighted by molar-refractivity contribution is 0.0936. The van der Waals surface area contributed by atoms with Gasteiger partial charge in [-0.1, -0.05) is 11.3 Å². The zero-order valence-corrected chi connectivity index (χ0v) is 13.9. The molecule has 1 aliphatic heterocycles. The second-order valence-corrected chi connectivity index (χ2v) is 7.62. The van der Waals surface area contributed by atoms with Crippen LogP contribution >= 0.6 is 0 Å². The van der Waals surface area contributed by atoms with Crippen LogP contribution in [-0.2, 0) is 35.0 Å². The lowest BCUT2D eigenvalue weighted by Crippen LogP contribution is -2.39. The number of pyridine rings is 1. The number of ether oxygens (including phenoxy) is 1. The minimum atomic E-state index is -3.28. The van der Waals surface area contributed by atoms with Crippen molar-refractivity contribution < 1.29 is 13.2 Å². The second-order valence-electron chi connectivity index (χ2n) is 5.63. The Morgan fingerprint density at radius 2 is 2.22 bits per heavy atom. The first-order valence-corrected chi connectivity index (χ1v) is 9.11. The van der Waals surface area contributed by atoms with Crippen LogP contribution in [0.4, 0.5) is 0 Å². The molecule has 0 aliphatic carbocycles. The van der Waals surface area contributed by atoms with Crippen molar-refractivity contribution in [1.29, 1.82) is 0 Å². The third-order valence-corrected chi connectivity index (χ3v) is 5.06. The summed E-state index contributed by atoms with van der Waals surface area (Å²) in [5, 5.41) is 8.08. The quantitative estimate of drug-likeness (QED) is 0.779. The lowest BCUT2D eigenvalue weighted by Gasteiger charge is -2.30. The van der Waals surface area contributed by atoms with E-state index in [0.717, 1.165) is 11.4 Å². The van der Waals surface area contributed by atoms with Crippen LogP contribution in [0, 0.1) is 0 Å². The van der Waals surface area contributed by atoms with Gasteiger partial charge < -0.3 is 4.74 Å². The third-order valence-electron chi connectivity index (χ3n) is 3.84. The first-order valence-electron chi connectivity index (χ1n) is 7.26. The summed E-state index contributed by atoms with van der Waals surface area (Å²) in [4.78, 5) is 4.21. The van der Waals surface area contributed by atoms with E-state index in [2.05, 4.69) is 15.3 Å². The second kappa shape index (κ2) is 6.34. The number of fused-ring (bicyclic) bond motifs is 1. The molecule has 0 spiro atoms. The largest absolute Gasteiger partial charge is 0.374 e. The van der Waals surface area contributed by atoms with E-state index in [0.29, 0.717) is 25.5 Å².